The van der Waals surface area contributed by atoms with Crippen LogP contribution in [0.25, 0.3) is 0 Å². The van der Waals surface area contributed by atoms with Crippen molar-refractivity contribution in [2.24, 2.45) is 0 Å². The summed E-state index contributed by atoms with van der Waals surface area (Å²) in [5.74, 6) is 1.65. The predicted molar refractivity (Wildman–Crippen MR) is 90.7 cm³/mol. The van der Waals surface area contributed by atoms with Crippen LogP contribution in [0.15, 0.2) is 24.3 Å². The second-order valence-corrected chi connectivity index (χ2v) is 7.89. The minimum atomic E-state index is -0.741. The molecule has 4 nitrogen and oxygen atoms in total. The van der Waals surface area contributed by atoms with E-state index in [-0.39, 0.29) is 11.4 Å². The molecule has 0 unspecified atom stereocenters. The van der Waals surface area contributed by atoms with Crippen LogP contribution in [0.5, 0.6) is 0 Å². The van der Waals surface area contributed by atoms with E-state index in [2.05, 4.69) is 10.6 Å². The van der Waals surface area contributed by atoms with Gasteiger partial charge in [-0.1, -0.05) is 23.7 Å². The molecule has 2 amide bonds. The van der Waals surface area contributed by atoms with Gasteiger partial charge in [0.15, 0.2) is 0 Å². The zero-order chi connectivity index (χ0) is 15.6. The van der Waals surface area contributed by atoms with Gasteiger partial charge in [0, 0.05) is 29.3 Å². The van der Waals surface area contributed by atoms with Gasteiger partial charge < -0.3 is 15.7 Å². The molecule has 1 saturated carbocycles. The smallest absolute Gasteiger partial charge is 0.314 e. The molecular weight excluding hydrogens is 320 g/mol. The number of carbonyl (C=O) groups is 1. The second-order valence-electron chi connectivity index (χ2n) is 6.35. The van der Waals surface area contributed by atoms with E-state index >= 15 is 0 Å². The Labute approximate surface area is 140 Å². The molecule has 0 bridgehead atoms. The first-order valence-corrected chi connectivity index (χ1v) is 9.13. The van der Waals surface area contributed by atoms with Crippen molar-refractivity contribution in [3.8, 4) is 0 Å². The van der Waals surface area contributed by atoms with Crippen molar-refractivity contribution in [1.29, 1.82) is 0 Å². The molecule has 0 spiro atoms. The van der Waals surface area contributed by atoms with Crippen LogP contribution in [-0.4, -0.2) is 41.3 Å². The summed E-state index contributed by atoms with van der Waals surface area (Å²) in [4.78, 5) is 11.9. The number of benzene rings is 1. The molecule has 120 valence electrons. The van der Waals surface area contributed by atoms with Crippen molar-refractivity contribution in [2.45, 2.75) is 30.3 Å². The number of nitrogens with one attached hydrogen (secondary N) is 2. The number of hydrogen-bond donors (Lipinski definition) is 3. The maximum Gasteiger partial charge on any atom is 0.314 e. The number of rotatable bonds is 5. The minimum absolute atomic E-state index is 0.0576. The molecule has 22 heavy (non-hydrogen) atoms. The SMILES string of the molecule is O=C(NCC1(c2ccc(Cl)cc2)CC1)NC[C@@]1(O)CCSC1. The summed E-state index contributed by atoms with van der Waals surface area (Å²) in [6, 6.07) is 7.65. The van der Waals surface area contributed by atoms with Gasteiger partial charge in [0.05, 0.1) is 5.60 Å². The van der Waals surface area contributed by atoms with E-state index in [4.69, 9.17) is 11.6 Å². The highest BCUT2D eigenvalue weighted by atomic mass is 35.5. The van der Waals surface area contributed by atoms with Crippen molar-refractivity contribution in [3.05, 3.63) is 34.9 Å². The van der Waals surface area contributed by atoms with Gasteiger partial charge in [0.25, 0.3) is 0 Å². The highest BCUT2D eigenvalue weighted by molar-refractivity contribution is 7.99. The Morgan fingerprint density at radius 2 is 1.86 bits per heavy atom. The summed E-state index contributed by atoms with van der Waals surface area (Å²) in [6.07, 6.45) is 2.90. The highest BCUT2D eigenvalue weighted by Gasteiger charge is 2.44. The quantitative estimate of drug-likeness (QED) is 0.772. The van der Waals surface area contributed by atoms with E-state index < -0.39 is 5.60 Å². The van der Waals surface area contributed by atoms with Crippen molar-refractivity contribution in [1.82, 2.24) is 10.6 Å². The summed E-state index contributed by atoms with van der Waals surface area (Å²) in [5.41, 5.74) is 0.542. The molecular formula is C16H21ClN2O2S. The van der Waals surface area contributed by atoms with E-state index in [1.807, 2.05) is 24.3 Å². The maximum atomic E-state index is 11.9. The fraction of sp³-hybridized carbons (Fsp3) is 0.562. The van der Waals surface area contributed by atoms with Gasteiger partial charge in [0.1, 0.15) is 0 Å². The number of amides is 2. The summed E-state index contributed by atoms with van der Waals surface area (Å²) < 4.78 is 0. The van der Waals surface area contributed by atoms with E-state index in [9.17, 15) is 9.90 Å². The molecule has 2 fully saturated rings. The second kappa shape index (κ2) is 6.30. The Balaban J connectivity index is 1.47. The molecule has 1 atom stereocenters. The van der Waals surface area contributed by atoms with Crippen molar-refractivity contribution < 1.29 is 9.90 Å². The molecule has 0 aromatic heterocycles. The number of halogens is 1. The van der Waals surface area contributed by atoms with Crippen molar-refractivity contribution >= 4 is 29.4 Å². The fourth-order valence-electron chi connectivity index (χ4n) is 2.81. The van der Waals surface area contributed by atoms with Gasteiger partial charge in [-0.3, -0.25) is 0 Å². The van der Waals surface area contributed by atoms with E-state index in [1.54, 1.807) is 11.8 Å². The zero-order valence-corrected chi connectivity index (χ0v) is 14.0. The molecule has 1 aliphatic carbocycles. The van der Waals surface area contributed by atoms with Gasteiger partial charge in [-0.25, -0.2) is 4.79 Å². The normalized spacial score (nSPS) is 25.7. The molecule has 1 saturated heterocycles. The summed E-state index contributed by atoms with van der Waals surface area (Å²) >= 11 is 7.65. The molecule has 1 heterocycles. The molecule has 3 rings (SSSR count). The van der Waals surface area contributed by atoms with Crippen LogP contribution in [0, 0.1) is 0 Å². The average Bonchev–Trinajstić information content (AvgIpc) is 3.18. The molecule has 1 aliphatic heterocycles. The highest BCUT2D eigenvalue weighted by Crippen LogP contribution is 2.47. The van der Waals surface area contributed by atoms with Gasteiger partial charge in [0.2, 0.25) is 0 Å². The third kappa shape index (κ3) is 3.70. The van der Waals surface area contributed by atoms with E-state index in [1.165, 1.54) is 5.56 Å². The summed E-state index contributed by atoms with van der Waals surface area (Å²) in [7, 11) is 0. The molecule has 2 aliphatic rings. The first-order chi connectivity index (χ1) is 10.5. The predicted octanol–water partition coefficient (Wildman–Crippen LogP) is 2.54. The lowest BCUT2D eigenvalue weighted by Gasteiger charge is -2.22. The van der Waals surface area contributed by atoms with Gasteiger partial charge in [-0.2, -0.15) is 11.8 Å². The Bertz CT molecular complexity index is 540. The van der Waals surface area contributed by atoms with Crippen LogP contribution >= 0.6 is 23.4 Å². The van der Waals surface area contributed by atoms with Crippen molar-refractivity contribution in [3.63, 3.8) is 0 Å². The molecule has 1 aromatic rings. The topological polar surface area (TPSA) is 61.4 Å². The zero-order valence-electron chi connectivity index (χ0n) is 12.4. The van der Waals surface area contributed by atoms with E-state index in [0.29, 0.717) is 18.8 Å². The Morgan fingerprint density at radius 1 is 1.18 bits per heavy atom. The standard InChI is InChI=1S/C16H21ClN2O2S/c17-13-3-1-12(2-4-13)15(5-6-15)9-18-14(20)19-10-16(21)7-8-22-11-16/h1-4,21H,5-11H2,(H2,18,19,20)/t16-/m0/s1. The Morgan fingerprint density at radius 3 is 2.45 bits per heavy atom. The lowest BCUT2D eigenvalue weighted by molar-refractivity contribution is 0.0700. The Hall–Kier alpha value is -0.910. The van der Waals surface area contributed by atoms with Gasteiger partial charge in [-0.15, -0.1) is 0 Å². The average molecular weight is 341 g/mol. The van der Waals surface area contributed by atoms with Gasteiger partial charge >= 0.3 is 6.03 Å². The number of hydrogen-bond acceptors (Lipinski definition) is 3. The molecule has 6 heteroatoms. The van der Waals surface area contributed by atoms with Crippen LogP contribution < -0.4 is 10.6 Å². The first kappa shape index (κ1) is 16.0. The monoisotopic (exact) mass is 340 g/mol. The minimum Gasteiger partial charge on any atom is -0.387 e. The van der Waals surface area contributed by atoms with E-state index in [0.717, 1.165) is 30.0 Å². The molecule has 0 radical (unpaired) electrons. The summed E-state index contributed by atoms with van der Waals surface area (Å²) in [6.45, 7) is 0.938. The maximum absolute atomic E-state index is 11.9. The molecule has 1 aromatic carbocycles. The van der Waals surface area contributed by atoms with Crippen LogP contribution in [0.4, 0.5) is 4.79 Å². The lowest BCUT2D eigenvalue weighted by Crippen LogP contribution is -2.47. The Kier molecular flexibility index (Phi) is 4.57. The molecule has 3 N–H and O–H groups in total. The number of carbonyl (C=O) groups excluding carboxylic acids is 1. The van der Waals surface area contributed by atoms with Crippen molar-refractivity contribution in [2.75, 3.05) is 24.6 Å². The number of aliphatic hydroxyl groups is 1. The van der Waals surface area contributed by atoms with Gasteiger partial charge in [-0.05, 0) is 42.7 Å². The number of urea groups is 1. The fourth-order valence-corrected chi connectivity index (χ4v) is 4.24. The third-order valence-electron chi connectivity index (χ3n) is 4.56. The number of thioether (sulfide) groups is 1. The van der Waals surface area contributed by atoms with Crippen LogP contribution in [-0.2, 0) is 5.41 Å². The lowest BCUT2D eigenvalue weighted by atomic mass is 9.96. The first-order valence-electron chi connectivity index (χ1n) is 7.59. The largest absolute Gasteiger partial charge is 0.387 e. The van der Waals surface area contributed by atoms with Crippen LogP contribution in [0.2, 0.25) is 5.02 Å². The van der Waals surface area contributed by atoms with Crippen LogP contribution in [0.3, 0.4) is 0 Å². The summed E-state index contributed by atoms with van der Waals surface area (Å²) in [5, 5.41) is 16.7. The third-order valence-corrected chi connectivity index (χ3v) is 6.04. The van der Waals surface area contributed by atoms with Crippen LogP contribution in [0.1, 0.15) is 24.8 Å².